The first kappa shape index (κ1) is 88.2. The summed E-state index contributed by atoms with van der Waals surface area (Å²) in [5, 5.41) is 56.9. The largest absolute Gasteiger partial charge is 0.691 e. The van der Waals surface area contributed by atoms with Crippen molar-refractivity contribution in [2.75, 3.05) is 65.5 Å². The summed E-state index contributed by atoms with van der Waals surface area (Å²) in [4.78, 5) is 49.5. The second-order valence-electron chi connectivity index (χ2n) is 26.9. The van der Waals surface area contributed by atoms with Crippen molar-refractivity contribution in [3.05, 3.63) is 143 Å². The van der Waals surface area contributed by atoms with Gasteiger partial charge in [0.05, 0.1) is 57.5 Å². The van der Waals surface area contributed by atoms with Crippen LogP contribution < -0.4 is 25.6 Å². The number of unbranched alkanes of at least 4 members (excludes halogenated alkanes) is 4. The highest BCUT2D eigenvalue weighted by molar-refractivity contribution is 8.77. The number of carbonyl (C=O) groups excluding carboxylic acids is 1. The number of fused-ring (bicyclic) bond motifs is 4. The number of carboxylic acids is 3. The Labute approximate surface area is 641 Å². The lowest BCUT2D eigenvalue weighted by Crippen LogP contribution is -2.28. The molecule has 1 amide bonds. The van der Waals surface area contributed by atoms with Gasteiger partial charge in [0.2, 0.25) is 17.3 Å². The molecule has 4 aromatic carbocycles. The molecule has 576 valence electrons. The van der Waals surface area contributed by atoms with Gasteiger partial charge in [-0.25, -0.2) is 0 Å². The highest BCUT2D eigenvalue weighted by Crippen LogP contribution is 2.51. The molecule has 0 aliphatic carbocycles. The van der Waals surface area contributed by atoms with E-state index in [1.54, 1.807) is 56.6 Å². The van der Waals surface area contributed by atoms with E-state index in [2.05, 4.69) is 102 Å². The maximum Gasteiger partial charge on any atom is 0.304 e. The van der Waals surface area contributed by atoms with Gasteiger partial charge in [0.25, 0.3) is 20.2 Å². The lowest BCUT2D eigenvalue weighted by molar-refractivity contribution is -0.777. The molecule has 4 aliphatic heterocycles. The van der Waals surface area contributed by atoms with Crippen molar-refractivity contribution >= 4 is 145 Å². The van der Waals surface area contributed by atoms with Gasteiger partial charge in [-0.05, 0) is 158 Å². The smallest absolute Gasteiger partial charge is 0.304 e. The first-order valence-corrected chi connectivity index (χ1v) is 43.8. The monoisotopic (exact) mass is 1600 g/mol. The summed E-state index contributed by atoms with van der Waals surface area (Å²) >= 11 is 1.70. The maximum absolute atomic E-state index is 12.4. The molecule has 0 fully saturated rings. The molecule has 0 radical (unpaired) electrons. The topological polar surface area (TPSA) is 345 Å². The van der Waals surface area contributed by atoms with E-state index in [9.17, 15) is 55.6 Å². The fourth-order valence-electron chi connectivity index (χ4n) is 13.1. The third-order valence-corrected chi connectivity index (χ3v) is 26.2. The molecule has 24 nitrogen and oxygen atoms in total. The Bertz CT molecular complexity index is 4150. The maximum atomic E-state index is 12.4. The third kappa shape index (κ3) is 23.9. The zero-order chi connectivity index (χ0) is 77.5. The Morgan fingerprint density at radius 1 is 0.505 bits per heavy atom. The van der Waals surface area contributed by atoms with Crippen LogP contribution in [0.15, 0.2) is 140 Å². The molecule has 0 unspecified atom stereocenters. The average Bonchev–Trinajstić information content (AvgIpc) is 1.60. The Hall–Kier alpha value is -5.66. The Balaban J connectivity index is 0.000000295. The Morgan fingerprint density at radius 2 is 0.905 bits per heavy atom. The predicted molar refractivity (Wildman–Crippen MR) is 416 cm³/mol. The minimum atomic E-state index is -4.35. The number of carbonyl (C=O) groups is 4. The zero-order valence-corrected chi connectivity index (χ0v) is 67.6. The van der Waals surface area contributed by atoms with Gasteiger partial charge in [0.1, 0.15) is 13.1 Å². The van der Waals surface area contributed by atoms with Crippen LogP contribution in [0.25, 0.3) is 0 Å². The number of allylic oxidation sites excluding steroid dienone is 8. The number of aliphatic carboxylic acids is 3. The van der Waals surface area contributed by atoms with Crippen LogP contribution in [0.3, 0.4) is 0 Å². The minimum absolute atomic E-state index is 0.00800. The Kier molecular flexibility index (Phi) is 34.2. The lowest BCUT2D eigenvalue weighted by atomic mass is 9.81. The molecule has 4 aliphatic rings. The van der Waals surface area contributed by atoms with Crippen molar-refractivity contribution in [3.8, 4) is 0 Å². The SMILES string of the molecule is CCCSSCCC(=O)O.CCN1/C(=C/C=C/C2=[N+](CCCCCC(=O)NCCSSCCC(=O)O)c3ccc(SOO[O-])cc3C2(C)C)C(C)(C)c2cc(S(=O)(=O)O)ccc21.CCN1/C(=C/C=C/C2=[N+](CCCCCC(=O)O)c3ccc(SOO[O-])cc3C2(C)C)C(C)(C)c2cc(S(=O)(=O)O)ccc21. The number of anilines is 2. The van der Waals surface area contributed by atoms with E-state index < -0.39 is 59.8 Å². The van der Waals surface area contributed by atoms with Crippen molar-refractivity contribution in [1.82, 2.24) is 5.32 Å². The standard InChI is InChI=1S/C36H47N3O9S4.C31H38N2O8S2.C6H12O2S2/c1-6-38-29-17-15-26(52(44,45)46)24-28(29)36(4,5)31(38)11-10-12-32-35(2,3)27-23-25(51-48-47-43)14-16-30(27)39(32)20-9-7-8-13-33(40)37-19-22-50-49-21-18-34(41)42;1-6-32-25-17-15-22(43(37,38)39)20-24(25)31(4,5)27(32)11-10-12-28-30(2,3)23-19-21(42-41-40-36)14-16-26(23)33(28)18-9-7-8-13-29(34)35;1-2-4-9-10-5-3-6(7)8/h10-12,14-17,23-24H,6-9,13,18-22H2,1-5H3,(H3-,37,40,41,42,43,44,45,46);10-12,14-17,19-20H,6-9,13,18H2,1-5H3,(H2-,34,35,36,37,38,39);2-5H2,1H3,(H,7,8). The van der Waals surface area contributed by atoms with Gasteiger partial charge in [-0.3, -0.25) is 38.4 Å². The molecular formula is C73H97N5O19S8. The van der Waals surface area contributed by atoms with Crippen molar-refractivity contribution in [1.29, 1.82) is 0 Å². The zero-order valence-electron chi connectivity index (χ0n) is 61.0. The van der Waals surface area contributed by atoms with Crippen LogP contribution in [-0.4, -0.2) is 141 Å². The summed E-state index contributed by atoms with van der Waals surface area (Å²) < 4.78 is 80.6. The number of benzene rings is 4. The van der Waals surface area contributed by atoms with Gasteiger partial charge in [0, 0.05) is 147 Å². The summed E-state index contributed by atoms with van der Waals surface area (Å²) in [6, 6.07) is 21.2. The van der Waals surface area contributed by atoms with E-state index in [1.807, 2.05) is 90.1 Å². The van der Waals surface area contributed by atoms with E-state index >= 15 is 0 Å². The summed E-state index contributed by atoms with van der Waals surface area (Å²) in [6.45, 7) is 26.2. The van der Waals surface area contributed by atoms with Crippen LogP contribution in [0.4, 0.5) is 22.7 Å². The fourth-order valence-corrected chi connectivity index (χ4v) is 18.9. The highest BCUT2D eigenvalue weighted by Gasteiger charge is 2.47. The molecule has 105 heavy (non-hydrogen) atoms. The van der Waals surface area contributed by atoms with E-state index in [1.165, 1.54) is 22.9 Å². The van der Waals surface area contributed by atoms with Gasteiger partial charge in [-0.15, -0.1) is 0 Å². The van der Waals surface area contributed by atoms with E-state index in [4.69, 9.17) is 15.3 Å². The van der Waals surface area contributed by atoms with Gasteiger partial charge in [-0.2, -0.15) is 34.7 Å². The van der Waals surface area contributed by atoms with Gasteiger partial charge in [0.15, 0.2) is 11.4 Å². The Morgan fingerprint density at radius 3 is 1.29 bits per heavy atom. The molecule has 0 saturated carbocycles. The van der Waals surface area contributed by atoms with Crippen molar-refractivity contribution in [2.45, 2.75) is 188 Å². The number of carboxylic acid groups (broad SMARTS) is 3. The third-order valence-electron chi connectivity index (χ3n) is 18.3. The second-order valence-corrected chi connectivity index (χ2v) is 36.7. The molecule has 0 bridgehead atoms. The lowest BCUT2D eigenvalue weighted by Gasteiger charge is -2.25. The van der Waals surface area contributed by atoms with Crippen LogP contribution in [0.2, 0.25) is 0 Å². The number of rotatable bonds is 39. The summed E-state index contributed by atoms with van der Waals surface area (Å²) in [7, 11) is -2.24. The first-order valence-electron chi connectivity index (χ1n) is 34.5. The van der Waals surface area contributed by atoms with E-state index in [-0.39, 0.29) is 35.0 Å². The van der Waals surface area contributed by atoms with Crippen LogP contribution >= 0.6 is 67.3 Å². The molecule has 0 spiro atoms. The number of hydrogen-bond donors (Lipinski definition) is 6. The molecule has 0 saturated heterocycles. The van der Waals surface area contributed by atoms with Crippen LogP contribution in [0, 0.1) is 0 Å². The van der Waals surface area contributed by atoms with Crippen molar-refractivity contribution < 1.29 is 98.8 Å². The van der Waals surface area contributed by atoms with Gasteiger partial charge >= 0.3 is 17.9 Å². The number of amides is 1. The molecule has 6 N–H and O–H groups in total. The van der Waals surface area contributed by atoms with Crippen molar-refractivity contribution in [3.63, 3.8) is 0 Å². The normalized spacial score (nSPS) is 16.7. The molecule has 8 rings (SSSR count). The van der Waals surface area contributed by atoms with E-state index in [0.717, 1.165) is 164 Å². The molecule has 0 atom stereocenters. The quantitative estimate of drug-likeness (QED) is 0.00460. The van der Waals surface area contributed by atoms with Gasteiger partial charge in [-0.1, -0.05) is 89.9 Å². The molecule has 4 heterocycles. The fraction of sp³-hybridized carbons (Fsp3) is 0.479. The minimum Gasteiger partial charge on any atom is -0.691 e. The number of likely N-dealkylation sites (N-methyl/N-ethyl adjacent to an activating group) is 2. The average molecular weight is 1610 g/mol. The summed E-state index contributed by atoms with van der Waals surface area (Å²) in [5.41, 5.74) is 9.92. The van der Waals surface area contributed by atoms with Crippen molar-refractivity contribution in [2.24, 2.45) is 0 Å². The van der Waals surface area contributed by atoms with Crippen LogP contribution in [0.5, 0.6) is 0 Å². The first-order chi connectivity index (χ1) is 49.6. The highest BCUT2D eigenvalue weighted by atomic mass is 33.1. The number of nitrogens with zero attached hydrogens (tertiary/aromatic N) is 4. The van der Waals surface area contributed by atoms with Crippen LogP contribution in [0.1, 0.15) is 169 Å². The molecule has 0 aromatic heterocycles. The number of hydrogen-bond acceptors (Lipinski definition) is 22. The molecule has 4 aromatic rings. The summed E-state index contributed by atoms with van der Waals surface area (Å²) in [6.07, 6.45) is 19.2. The molecular weight excluding hydrogens is 1510 g/mol. The predicted octanol–water partition coefficient (Wildman–Crippen LogP) is 14.0. The van der Waals surface area contributed by atoms with E-state index in [0.29, 0.717) is 44.8 Å². The molecule has 32 heteroatoms. The van der Waals surface area contributed by atoms with Crippen LogP contribution in [-0.2, 0) is 79.8 Å². The van der Waals surface area contributed by atoms with Gasteiger partial charge < -0.3 is 41.0 Å². The second kappa shape index (κ2) is 40.7. The number of nitrogens with one attached hydrogen (secondary N) is 1. The summed E-state index contributed by atoms with van der Waals surface area (Å²) in [5.74, 6) is 0.794.